The van der Waals surface area contributed by atoms with Crippen molar-refractivity contribution in [3.8, 4) is 0 Å². The van der Waals surface area contributed by atoms with Gasteiger partial charge in [0.2, 0.25) is 0 Å². The molecule has 0 spiro atoms. The fourth-order valence-electron chi connectivity index (χ4n) is 3.46. The number of rotatable bonds is 5. The van der Waals surface area contributed by atoms with Gasteiger partial charge in [-0.1, -0.05) is 27.7 Å². The summed E-state index contributed by atoms with van der Waals surface area (Å²) in [5, 5.41) is 2.17. The van der Waals surface area contributed by atoms with Crippen LogP contribution in [0.25, 0.3) is 21.1 Å². The number of furan rings is 1. The minimum Gasteiger partial charge on any atom is -0.459 e. The van der Waals surface area contributed by atoms with Gasteiger partial charge in [-0.3, -0.25) is 0 Å². The number of hydrogen-bond acceptors (Lipinski definition) is 6. The molecule has 0 unspecified atom stereocenters. The van der Waals surface area contributed by atoms with Gasteiger partial charge in [0.15, 0.2) is 5.58 Å². The molecule has 4 aromatic heterocycles. The molecule has 4 heterocycles. The van der Waals surface area contributed by atoms with Crippen LogP contribution in [0.1, 0.15) is 51.2 Å². The Morgan fingerprint density at radius 3 is 2.25 bits per heavy atom. The van der Waals surface area contributed by atoms with E-state index >= 15 is 0 Å². The minimum atomic E-state index is -0.0896. The van der Waals surface area contributed by atoms with E-state index in [4.69, 9.17) is 15.9 Å². The molecule has 0 saturated carbocycles. The van der Waals surface area contributed by atoms with E-state index in [1.807, 2.05) is 18.3 Å². The van der Waals surface area contributed by atoms with E-state index in [0.717, 1.165) is 29.6 Å². The lowest BCUT2D eigenvalue weighted by atomic mass is 9.77. The number of aromatic nitrogens is 2. The van der Waals surface area contributed by atoms with Crippen LogP contribution in [-0.2, 0) is 10.8 Å². The molecule has 4 aromatic rings. The summed E-state index contributed by atoms with van der Waals surface area (Å²) in [5.74, 6) is 2.05. The third-order valence-electron chi connectivity index (χ3n) is 5.56. The van der Waals surface area contributed by atoms with Gasteiger partial charge in [-0.2, -0.15) is 0 Å². The number of pyridine rings is 2. The van der Waals surface area contributed by atoms with Crippen molar-refractivity contribution in [3.63, 3.8) is 0 Å². The monoisotopic (exact) mass is 394 g/mol. The van der Waals surface area contributed by atoms with Crippen LogP contribution in [0.5, 0.6) is 0 Å². The number of fused-ring (bicyclic) bond motifs is 2. The first-order valence-electron chi connectivity index (χ1n) is 9.45. The van der Waals surface area contributed by atoms with Gasteiger partial charge in [0, 0.05) is 21.9 Å². The Hall–Kier alpha value is -2.60. The standard InChI is InChI=1S/C22H26N4OS/c1-21(2,17-7-13-9-19(23)25-11-15(13)27-17)5-6-22(3,4)18-8-14-10-20(24)26-12-16(14)28-18/h7-12H,5-6H2,1-4H3,(H2,23,25)(H2,24,26). The maximum Gasteiger partial charge on any atom is 0.152 e. The van der Waals surface area contributed by atoms with Crippen molar-refractivity contribution in [2.24, 2.45) is 0 Å². The molecule has 0 atom stereocenters. The number of nitrogens with zero attached hydrogens (tertiary/aromatic N) is 2. The van der Waals surface area contributed by atoms with Crippen LogP contribution in [0.4, 0.5) is 11.6 Å². The van der Waals surface area contributed by atoms with Crippen LogP contribution in [0.3, 0.4) is 0 Å². The molecule has 0 aromatic carbocycles. The summed E-state index contributed by atoms with van der Waals surface area (Å²) >= 11 is 1.80. The Morgan fingerprint density at radius 2 is 1.50 bits per heavy atom. The molecule has 28 heavy (non-hydrogen) atoms. The summed E-state index contributed by atoms with van der Waals surface area (Å²) in [4.78, 5) is 9.70. The lowest BCUT2D eigenvalue weighted by molar-refractivity contribution is 0.331. The van der Waals surface area contributed by atoms with Crippen molar-refractivity contribution in [1.82, 2.24) is 9.97 Å². The highest BCUT2D eigenvalue weighted by atomic mass is 32.1. The van der Waals surface area contributed by atoms with Crippen LogP contribution in [-0.4, -0.2) is 9.97 Å². The van der Waals surface area contributed by atoms with Crippen LogP contribution in [0.2, 0.25) is 0 Å². The Labute approximate surface area is 168 Å². The summed E-state index contributed by atoms with van der Waals surface area (Å²) < 4.78 is 7.26. The maximum absolute atomic E-state index is 6.08. The van der Waals surface area contributed by atoms with E-state index in [2.05, 4.69) is 49.8 Å². The summed E-state index contributed by atoms with van der Waals surface area (Å²) in [7, 11) is 0. The summed E-state index contributed by atoms with van der Waals surface area (Å²) in [6.07, 6.45) is 5.60. The van der Waals surface area contributed by atoms with E-state index in [9.17, 15) is 0 Å². The molecule has 0 saturated heterocycles. The largest absolute Gasteiger partial charge is 0.459 e. The van der Waals surface area contributed by atoms with E-state index in [0.29, 0.717) is 11.6 Å². The van der Waals surface area contributed by atoms with Crippen molar-refractivity contribution >= 4 is 44.0 Å². The first-order chi connectivity index (χ1) is 13.1. The maximum atomic E-state index is 6.08. The average molecular weight is 395 g/mol. The number of nitrogens with two attached hydrogens (primary N) is 2. The van der Waals surface area contributed by atoms with Crippen molar-refractivity contribution < 1.29 is 4.42 Å². The van der Waals surface area contributed by atoms with Crippen molar-refractivity contribution in [2.75, 3.05) is 11.5 Å². The Morgan fingerprint density at radius 1 is 0.857 bits per heavy atom. The van der Waals surface area contributed by atoms with Gasteiger partial charge < -0.3 is 15.9 Å². The zero-order valence-electron chi connectivity index (χ0n) is 16.7. The Kier molecular flexibility index (Phi) is 4.34. The highest BCUT2D eigenvalue weighted by molar-refractivity contribution is 7.19. The van der Waals surface area contributed by atoms with Crippen LogP contribution in [0, 0.1) is 0 Å². The molecule has 4 rings (SSSR count). The summed E-state index contributed by atoms with van der Waals surface area (Å²) in [5.41, 5.74) is 12.4. The van der Waals surface area contributed by atoms with Gasteiger partial charge in [0.1, 0.15) is 17.4 Å². The van der Waals surface area contributed by atoms with Crippen molar-refractivity contribution in [3.05, 3.63) is 47.3 Å². The lowest BCUT2D eigenvalue weighted by Gasteiger charge is -2.29. The molecule has 0 amide bonds. The third kappa shape index (κ3) is 3.44. The fraction of sp³-hybridized carbons (Fsp3) is 0.364. The van der Waals surface area contributed by atoms with E-state index in [1.165, 1.54) is 15.0 Å². The van der Waals surface area contributed by atoms with Gasteiger partial charge >= 0.3 is 0 Å². The SMILES string of the molecule is CC(C)(CCC(C)(C)c1cc2cc(N)ncc2s1)c1cc2cc(N)ncc2o1. The Balaban J connectivity index is 1.56. The fourth-order valence-corrected chi connectivity index (χ4v) is 4.61. The zero-order valence-corrected chi connectivity index (χ0v) is 17.6. The van der Waals surface area contributed by atoms with E-state index < -0.39 is 0 Å². The topological polar surface area (TPSA) is 91.0 Å². The van der Waals surface area contributed by atoms with Crippen LogP contribution in [0.15, 0.2) is 41.1 Å². The zero-order chi connectivity index (χ0) is 20.1. The second-order valence-corrected chi connectivity index (χ2v) is 9.87. The second-order valence-electron chi connectivity index (χ2n) is 8.78. The molecule has 0 radical (unpaired) electrons. The molecule has 5 nitrogen and oxygen atoms in total. The third-order valence-corrected chi connectivity index (χ3v) is 7.01. The number of thiophene rings is 1. The van der Waals surface area contributed by atoms with Gasteiger partial charge in [-0.25, -0.2) is 9.97 Å². The molecule has 6 heteroatoms. The van der Waals surface area contributed by atoms with Gasteiger partial charge in [0.25, 0.3) is 0 Å². The predicted molar refractivity (Wildman–Crippen MR) is 118 cm³/mol. The second kappa shape index (κ2) is 6.48. The normalized spacial score (nSPS) is 12.9. The van der Waals surface area contributed by atoms with Crippen LogP contribution < -0.4 is 11.5 Å². The lowest BCUT2D eigenvalue weighted by Crippen LogP contribution is -2.23. The number of hydrogen-bond donors (Lipinski definition) is 2. The van der Waals surface area contributed by atoms with Gasteiger partial charge in [-0.05, 0) is 47.9 Å². The predicted octanol–water partition coefficient (Wildman–Crippen LogP) is 5.64. The molecule has 146 valence electrons. The molecule has 0 bridgehead atoms. The highest BCUT2D eigenvalue weighted by Gasteiger charge is 2.30. The van der Waals surface area contributed by atoms with E-state index in [1.54, 1.807) is 17.5 Å². The Bertz CT molecular complexity index is 1060. The molecular weight excluding hydrogens is 368 g/mol. The molecule has 0 aliphatic rings. The summed E-state index contributed by atoms with van der Waals surface area (Å²) in [6, 6.07) is 8.15. The summed E-state index contributed by atoms with van der Waals surface area (Å²) in [6.45, 7) is 9.06. The highest BCUT2D eigenvalue weighted by Crippen LogP contribution is 2.41. The first kappa shape index (κ1) is 18.7. The smallest absolute Gasteiger partial charge is 0.152 e. The van der Waals surface area contributed by atoms with Gasteiger partial charge in [0.05, 0.1) is 10.9 Å². The molecule has 0 aliphatic carbocycles. The molecule has 4 N–H and O–H groups in total. The average Bonchev–Trinajstić information content (AvgIpc) is 3.24. The number of nitrogen functional groups attached to an aromatic ring is 2. The molecular formula is C22H26N4OS. The molecule has 0 aliphatic heterocycles. The molecule has 0 fully saturated rings. The minimum absolute atomic E-state index is 0.0493. The number of anilines is 2. The van der Waals surface area contributed by atoms with Crippen LogP contribution >= 0.6 is 11.3 Å². The van der Waals surface area contributed by atoms with Crippen molar-refractivity contribution in [2.45, 2.75) is 51.4 Å². The van der Waals surface area contributed by atoms with E-state index in [-0.39, 0.29) is 10.8 Å². The van der Waals surface area contributed by atoms with Crippen molar-refractivity contribution in [1.29, 1.82) is 0 Å². The quantitative estimate of drug-likeness (QED) is 0.457. The first-order valence-corrected chi connectivity index (χ1v) is 10.3. The van der Waals surface area contributed by atoms with Gasteiger partial charge in [-0.15, -0.1) is 11.3 Å².